The second-order valence-electron chi connectivity index (χ2n) is 8.99. The van der Waals surface area contributed by atoms with E-state index in [9.17, 15) is 0 Å². The van der Waals surface area contributed by atoms with E-state index in [-0.39, 0.29) is 0 Å². The van der Waals surface area contributed by atoms with E-state index in [4.69, 9.17) is 9.97 Å². The largest absolute Gasteiger partial charge is 0.264 e. The molecule has 7 aromatic rings. The molecule has 0 aliphatic carbocycles. The molecule has 190 valence electrons. The number of hydrogen-bond donors (Lipinski definition) is 0. The van der Waals surface area contributed by atoms with E-state index in [2.05, 4.69) is 56.3 Å². The number of aromatic nitrogens is 6. The minimum absolute atomic E-state index is 0.900. The Morgan fingerprint density at radius 3 is 1.32 bits per heavy atom. The second kappa shape index (κ2) is 10.7. The smallest absolute Gasteiger partial charge is 0.123 e. The van der Waals surface area contributed by atoms with Crippen molar-refractivity contribution in [2.24, 2.45) is 0 Å². The number of nitrogens with zero attached hydrogens (tertiary/aromatic N) is 6. The van der Waals surface area contributed by atoms with Crippen molar-refractivity contribution in [2.75, 3.05) is 0 Å². The lowest BCUT2D eigenvalue weighted by atomic mass is 10.1. The molecular formula is C32H20N6S2. The Labute approximate surface area is 238 Å². The van der Waals surface area contributed by atoms with Gasteiger partial charge >= 0.3 is 0 Å². The van der Waals surface area contributed by atoms with Crippen LogP contribution in [-0.4, -0.2) is 29.9 Å². The van der Waals surface area contributed by atoms with Crippen LogP contribution in [0.15, 0.2) is 122 Å². The van der Waals surface area contributed by atoms with Crippen LogP contribution in [0.25, 0.3) is 64.5 Å². The molecule has 8 heteroatoms. The van der Waals surface area contributed by atoms with Crippen LogP contribution in [0.2, 0.25) is 0 Å². The van der Waals surface area contributed by atoms with Crippen molar-refractivity contribution in [1.29, 1.82) is 0 Å². The summed E-state index contributed by atoms with van der Waals surface area (Å²) in [6, 6.07) is 24.4. The first-order chi connectivity index (χ1) is 19.8. The fourth-order valence-electron chi connectivity index (χ4n) is 4.32. The molecule has 0 radical (unpaired) electrons. The van der Waals surface area contributed by atoms with Crippen LogP contribution in [0.3, 0.4) is 0 Å². The van der Waals surface area contributed by atoms with Crippen molar-refractivity contribution >= 4 is 22.7 Å². The molecule has 6 heterocycles. The molecule has 0 fully saturated rings. The van der Waals surface area contributed by atoms with E-state index in [1.54, 1.807) is 35.1 Å². The highest BCUT2D eigenvalue weighted by atomic mass is 32.1. The molecule has 0 bridgehead atoms. The van der Waals surface area contributed by atoms with Gasteiger partial charge in [-0.25, -0.2) is 9.97 Å². The number of benzene rings is 1. The fraction of sp³-hybridized carbons (Fsp3) is 0. The molecule has 40 heavy (non-hydrogen) atoms. The van der Waals surface area contributed by atoms with E-state index in [1.807, 2.05) is 73.6 Å². The first kappa shape index (κ1) is 24.1. The van der Waals surface area contributed by atoms with Gasteiger partial charge in [-0.2, -0.15) is 0 Å². The summed E-state index contributed by atoms with van der Waals surface area (Å²) in [6.45, 7) is 0. The number of rotatable bonds is 6. The number of hydrogen-bond acceptors (Lipinski definition) is 8. The molecule has 6 nitrogen and oxygen atoms in total. The van der Waals surface area contributed by atoms with Gasteiger partial charge in [0.2, 0.25) is 0 Å². The fourth-order valence-corrected chi connectivity index (χ4v) is 6.12. The van der Waals surface area contributed by atoms with Gasteiger partial charge in [-0.3, -0.25) is 19.9 Å². The lowest BCUT2D eigenvalue weighted by molar-refractivity contribution is 1.28. The van der Waals surface area contributed by atoms with Gasteiger partial charge in [0.1, 0.15) is 10.0 Å². The van der Waals surface area contributed by atoms with Crippen molar-refractivity contribution in [2.45, 2.75) is 0 Å². The van der Waals surface area contributed by atoms with Crippen LogP contribution in [0.1, 0.15) is 0 Å². The van der Waals surface area contributed by atoms with Gasteiger partial charge in [-0.1, -0.05) is 18.2 Å². The maximum absolute atomic E-state index is 4.72. The third-order valence-corrected chi connectivity index (χ3v) is 8.57. The Balaban J connectivity index is 1.10. The number of thiazole rings is 2. The average Bonchev–Trinajstić information content (AvgIpc) is 3.74. The predicted octanol–water partition coefficient (Wildman–Crippen LogP) is 8.18. The van der Waals surface area contributed by atoms with Crippen LogP contribution >= 0.6 is 22.7 Å². The van der Waals surface area contributed by atoms with Crippen molar-refractivity contribution in [3.05, 3.63) is 122 Å². The molecule has 0 unspecified atom stereocenters. The SMILES string of the molecule is c1cncc(-c2ccc(-c3cnc(-c4cccc(-c5ncc(-c6ccc(-c7cccnc7)nc6)s5)c4)s3)cn2)c1. The Morgan fingerprint density at radius 1 is 0.400 bits per heavy atom. The quantitative estimate of drug-likeness (QED) is 0.207. The van der Waals surface area contributed by atoms with Gasteiger partial charge in [0.25, 0.3) is 0 Å². The summed E-state index contributed by atoms with van der Waals surface area (Å²) >= 11 is 3.31. The molecule has 0 aliphatic rings. The van der Waals surface area contributed by atoms with Crippen LogP contribution in [0.4, 0.5) is 0 Å². The summed E-state index contributed by atoms with van der Waals surface area (Å²) in [5.74, 6) is 0. The van der Waals surface area contributed by atoms with Gasteiger partial charge in [0.05, 0.1) is 21.1 Å². The maximum Gasteiger partial charge on any atom is 0.123 e. The Hall–Kier alpha value is -4.92. The van der Waals surface area contributed by atoms with E-state index in [0.29, 0.717) is 0 Å². The highest BCUT2D eigenvalue weighted by molar-refractivity contribution is 7.18. The molecule has 6 aromatic heterocycles. The van der Waals surface area contributed by atoms with Crippen molar-refractivity contribution < 1.29 is 0 Å². The van der Waals surface area contributed by atoms with Crippen LogP contribution < -0.4 is 0 Å². The van der Waals surface area contributed by atoms with E-state index < -0.39 is 0 Å². The molecule has 0 amide bonds. The van der Waals surface area contributed by atoms with Crippen LogP contribution in [0, 0.1) is 0 Å². The molecule has 0 atom stereocenters. The Kier molecular flexibility index (Phi) is 6.45. The molecule has 1 aromatic carbocycles. The first-order valence-corrected chi connectivity index (χ1v) is 14.2. The van der Waals surface area contributed by atoms with Crippen LogP contribution in [-0.2, 0) is 0 Å². The normalized spacial score (nSPS) is 11.0. The summed E-state index contributed by atoms with van der Waals surface area (Å²) in [7, 11) is 0. The van der Waals surface area contributed by atoms with Gasteiger partial charge in [-0.05, 0) is 54.6 Å². The summed E-state index contributed by atoms with van der Waals surface area (Å²) in [6.07, 6.45) is 14.8. The van der Waals surface area contributed by atoms with Gasteiger partial charge < -0.3 is 0 Å². The standard InChI is InChI=1S/C32H20N6S2/c1-4-21(31-37-19-29(39-31)25-8-10-27(35-17-25)23-6-2-12-33-15-23)14-22(5-1)32-38-20-30(40-32)26-9-11-28(36-18-26)24-7-3-13-34-16-24/h1-20H. The molecule has 0 saturated heterocycles. The Morgan fingerprint density at radius 2 is 0.900 bits per heavy atom. The molecule has 7 rings (SSSR count). The van der Waals surface area contributed by atoms with Gasteiger partial charge in [0, 0.05) is 83.0 Å². The van der Waals surface area contributed by atoms with Gasteiger partial charge in [-0.15, -0.1) is 22.7 Å². The highest BCUT2D eigenvalue weighted by Crippen LogP contribution is 2.36. The maximum atomic E-state index is 4.72. The summed E-state index contributed by atoms with van der Waals surface area (Å²) < 4.78 is 0. The molecular weight excluding hydrogens is 533 g/mol. The van der Waals surface area contributed by atoms with Gasteiger partial charge in [0.15, 0.2) is 0 Å². The average molecular weight is 553 g/mol. The summed E-state index contributed by atoms with van der Waals surface area (Å²) in [5, 5.41) is 1.92. The number of pyridine rings is 4. The predicted molar refractivity (Wildman–Crippen MR) is 162 cm³/mol. The minimum Gasteiger partial charge on any atom is -0.264 e. The molecule has 0 N–H and O–H groups in total. The van der Waals surface area contributed by atoms with E-state index in [0.717, 1.165) is 64.5 Å². The monoisotopic (exact) mass is 552 g/mol. The lowest BCUT2D eigenvalue weighted by Gasteiger charge is -2.02. The lowest BCUT2D eigenvalue weighted by Crippen LogP contribution is -1.84. The second-order valence-corrected chi connectivity index (χ2v) is 11.0. The van der Waals surface area contributed by atoms with Crippen molar-refractivity contribution in [1.82, 2.24) is 29.9 Å². The van der Waals surface area contributed by atoms with Crippen molar-refractivity contribution in [3.63, 3.8) is 0 Å². The Bertz CT molecular complexity index is 1740. The molecule has 0 spiro atoms. The summed E-state index contributed by atoms with van der Waals surface area (Å²) in [4.78, 5) is 29.2. The summed E-state index contributed by atoms with van der Waals surface area (Å²) in [5.41, 5.74) is 8.01. The van der Waals surface area contributed by atoms with Crippen molar-refractivity contribution in [3.8, 4) is 64.5 Å². The zero-order chi connectivity index (χ0) is 26.7. The van der Waals surface area contributed by atoms with E-state index in [1.165, 1.54) is 0 Å². The minimum atomic E-state index is 0.900. The third-order valence-electron chi connectivity index (χ3n) is 6.38. The van der Waals surface area contributed by atoms with E-state index >= 15 is 0 Å². The van der Waals surface area contributed by atoms with Crippen LogP contribution in [0.5, 0.6) is 0 Å². The molecule has 0 saturated carbocycles. The topological polar surface area (TPSA) is 77.3 Å². The zero-order valence-electron chi connectivity index (χ0n) is 21.0. The highest BCUT2D eigenvalue weighted by Gasteiger charge is 2.12. The zero-order valence-corrected chi connectivity index (χ0v) is 22.7. The third kappa shape index (κ3) is 4.93. The first-order valence-electron chi connectivity index (χ1n) is 12.6. The molecule has 0 aliphatic heterocycles.